The van der Waals surface area contributed by atoms with Crippen LogP contribution in [0.5, 0.6) is 0 Å². The lowest BCUT2D eigenvalue weighted by Gasteiger charge is -2.27. The molecule has 0 aliphatic heterocycles. The Balaban J connectivity index is 3.50. The van der Waals surface area contributed by atoms with E-state index in [9.17, 15) is 0 Å². The second-order valence-electron chi connectivity index (χ2n) is 5.64. The highest BCUT2D eigenvalue weighted by Crippen LogP contribution is 2.32. The third kappa shape index (κ3) is 4.13. The van der Waals surface area contributed by atoms with E-state index in [0.717, 1.165) is 23.5 Å². The van der Waals surface area contributed by atoms with Gasteiger partial charge in [-0.2, -0.15) is 0 Å². The Kier molecular flexibility index (Phi) is 6.84. The van der Waals surface area contributed by atoms with Crippen molar-refractivity contribution in [1.82, 2.24) is 0 Å². The van der Waals surface area contributed by atoms with Crippen LogP contribution in [0.2, 0.25) is 0 Å². The number of allylic oxidation sites excluding steroid dienone is 5. The second-order valence-corrected chi connectivity index (χ2v) is 5.64. The fourth-order valence-electron chi connectivity index (χ4n) is 2.98. The minimum absolute atomic E-state index is 0.821. The van der Waals surface area contributed by atoms with Gasteiger partial charge in [-0.25, -0.2) is 0 Å². The van der Waals surface area contributed by atoms with Gasteiger partial charge in [0, 0.05) is 17.1 Å². The van der Waals surface area contributed by atoms with Gasteiger partial charge in [0.25, 0.3) is 0 Å². The highest BCUT2D eigenvalue weighted by atomic mass is 15.1. The maximum atomic E-state index is 4.16. The molecule has 0 fully saturated rings. The average molecular weight is 307 g/mol. The molecule has 0 N–H and O–H groups in total. The number of nitrogens with zero attached hydrogens (tertiary/aromatic N) is 1. The number of benzene rings is 1. The van der Waals surface area contributed by atoms with Crippen molar-refractivity contribution < 1.29 is 0 Å². The van der Waals surface area contributed by atoms with E-state index in [4.69, 9.17) is 0 Å². The van der Waals surface area contributed by atoms with Gasteiger partial charge in [0.15, 0.2) is 0 Å². The molecule has 1 aromatic carbocycles. The molecule has 0 aliphatic carbocycles. The van der Waals surface area contributed by atoms with Crippen molar-refractivity contribution in [2.24, 2.45) is 0 Å². The highest BCUT2D eigenvalue weighted by Gasteiger charge is 2.15. The van der Waals surface area contributed by atoms with Crippen LogP contribution in [0.15, 0.2) is 67.6 Å². The van der Waals surface area contributed by atoms with Crippen molar-refractivity contribution in [3.63, 3.8) is 0 Å². The zero-order valence-electron chi connectivity index (χ0n) is 15.2. The fraction of sp³-hybridized carbons (Fsp3) is 0.273. The first kappa shape index (κ1) is 18.8. The summed E-state index contributed by atoms with van der Waals surface area (Å²) in [6.45, 7) is 22.7. The van der Waals surface area contributed by atoms with Gasteiger partial charge in [0.2, 0.25) is 0 Å². The van der Waals surface area contributed by atoms with Gasteiger partial charge >= 0.3 is 0 Å². The van der Waals surface area contributed by atoms with Crippen LogP contribution < -0.4 is 4.90 Å². The van der Waals surface area contributed by atoms with E-state index in [0.29, 0.717) is 0 Å². The van der Waals surface area contributed by atoms with Gasteiger partial charge in [-0.3, -0.25) is 0 Å². The predicted octanol–water partition coefficient (Wildman–Crippen LogP) is 6.71. The summed E-state index contributed by atoms with van der Waals surface area (Å²) < 4.78 is 0. The molecule has 1 heteroatoms. The van der Waals surface area contributed by atoms with Gasteiger partial charge in [-0.05, 0) is 80.7 Å². The first-order valence-corrected chi connectivity index (χ1v) is 8.11. The van der Waals surface area contributed by atoms with Crippen molar-refractivity contribution in [3.05, 3.63) is 84.3 Å². The summed E-state index contributed by atoms with van der Waals surface area (Å²) in [4.78, 5) is 2.04. The van der Waals surface area contributed by atoms with Crippen LogP contribution in [0, 0.1) is 13.8 Å². The summed E-state index contributed by atoms with van der Waals surface area (Å²) in [5, 5.41) is 0. The van der Waals surface area contributed by atoms with E-state index in [1.165, 1.54) is 22.3 Å². The molecule has 0 aromatic heterocycles. The first-order chi connectivity index (χ1) is 10.9. The standard InChI is InChI=1S/C22H29N/c1-9-13-19(8)23(18(7)10-2)21-14-16(5)22(17(6)15-21)20(11-3)12-4/h9-11,13-15H,2,7-8,12H2,1,3-6H3/b13-9-,20-11-. The van der Waals surface area contributed by atoms with Gasteiger partial charge in [0.1, 0.15) is 0 Å². The molecule has 0 saturated carbocycles. The second kappa shape index (κ2) is 8.38. The number of rotatable bonds is 7. The smallest absolute Gasteiger partial charge is 0.0466 e. The van der Waals surface area contributed by atoms with Crippen molar-refractivity contribution in [3.8, 4) is 0 Å². The van der Waals surface area contributed by atoms with E-state index in [1.54, 1.807) is 6.08 Å². The SMILES string of the molecule is C=CC(=C)N(C(=C)/C=C\C)c1cc(C)c(/C(=C\C)CC)c(C)c1. The van der Waals surface area contributed by atoms with Crippen molar-refractivity contribution >= 4 is 11.3 Å². The minimum Gasteiger partial charge on any atom is -0.312 e. The van der Waals surface area contributed by atoms with Gasteiger partial charge in [0.05, 0.1) is 0 Å². The van der Waals surface area contributed by atoms with Crippen LogP contribution in [0.1, 0.15) is 43.9 Å². The van der Waals surface area contributed by atoms with Crippen LogP contribution in [-0.2, 0) is 0 Å². The van der Waals surface area contributed by atoms with Crippen LogP contribution in [0.25, 0.3) is 5.57 Å². The van der Waals surface area contributed by atoms with E-state index >= 15 is 0 Å². The number of hydrogen-bond donors (Lipinski definition) is 0. The molecule has 0 spiro atoms. The topological polar surface area (TPSA) is 3.24 Å². The molecule has 0 aliphatic rings. The lowest BCUT2D eigenvalue weighted by Crippen LogP contribution is -2.19. The molecule has 0 saturated heterocycles. The number of hydrogen-bond acceptors (Lipinski definition) is 1. The third-order valence-corrected chi connectivity index (χ3v) is 4.00. The maximum absolute atomic E-state index is 4.16. The lowest BCUT2D eigenvalue weighted by atomic mass is 9.93. The van der Waals surface area contributed by atoms with Gasteiger partial charge < -0.3 is 4.90 Å². The Bertz CT molecular complexity index is 648. The summed E-state index contributed by atoms with van der Waals surface area (Å²) in [5.74, 6) is 0. The fourth-order valence-corrected chi connectivity index (χ4v) is 2.98. The molecule has 0 radical (unpaired) electrons. The van der Waals surface area contributed by atoms with Gasteiger partial charge in [-0.15, -0.1) is 0 Å². The summed E-state index contributed by atoms with van der Waals surface area (Å²) in [5.41, 5.74) is 8.04. The molecular weight excluding hydrogens is 278 g/mol. The molecule has 0 unspecified atom stereocenters. The Morgan fingerprint density at radius 3 is 2.04 bits per heavy atom. The molecule has 122 valence electrons. The van der Waals surface area contributed by atoms with E-state index in [-0.39, 0.29) is 0 Å². The maximum Gasteiger partial charge on any atom is 0.0466 e. The minimum atomic E-state index is 0.821. The Labute approximate surface area is 142 Å². The Morgan fingerprint density at radius 2 is 1.65 bits per heavy atom. The van der Waals surface area contributed by atoms with Crippen molar-refractivity contribution in [2.75, 3.05) is 4.90 Å². The molecule has 0 heterocycles. The number of aryl methyl sites for hydroxylation is 2. The molecule has 23 heavy (non-hydrogen) atoms. The van der Waals surface area contributed by atoms with Gasteiger partial charge in [-0.1, -0.05) is 38.8 Å². The lowest BCUT2D eigenvalue weighted by molar-refractivity contribution is 1.13. The normalized spacial score (nSPS) is 11.6. The molecule has 1 nitrogen and oxygen atoms in total. The molecule has 1 rings (SSSR count). The zero-order valence-corrected chi connectivity index (χ0v) is 15.2. The highest BCUT2D eigenvalue weighted by molar-refractivity contribution is 5.75. The monoisotopic (exact) mass is 307 g/mol. The quantitative estimate of drug-likeness (QED) is 0.506. The molecule has 0 atom stereocenters. The molecule has 1 aromatic rings. The van der Waals surface area contributed by atoms with Crippen LogP contribution in [0.3, 0.4) is 0 Å². The molecule has 0 bridgehead atoms. The van der Waals surface area contributed by atoms with Crippen LogP contribution >= 0.6 is 0 Å². The zero-order chi connectivity index (χ0) is 17.6. The summed E-state index contributed by atoms with van der Waals surface area (Å²) in [7, 11) is 0. The summed E-state index contributed by atoms with van der Waals surface area (Å²) in [6, 6.07) is 4.40. The summed E-state index contributed by atoms with van der Waals surface area (Å²) >= 11 is 0. The van der Waals surface area contributed by atoms with Crippen LogP contribution in [-0.4, -0.2) is 0 Å². The first-order valence-electron chi connectivity index (χ1n) is 8.11. The molecule has 0 amide bonds. The predicted molar refractivity (Wildman–Crippen MR) is 106 cm³/mol. The molecular formula is C22H29N. The van der Waals surface area contributed by atoms with Crippen molar-refractivity contribution in [2.45, 2.75) is 41.0 Å². The van der Waals surface area contributed by atoms with E-state index in [2.05, 4.69) is 65.6 Å². The Morgan fingerprint density at radius 1 is 1.09 bits per heavy atom. The third-order valence-electron chi connectivity index (χ3n) is 4.00. The Hall–Kier alpha value is -2.28. The number of anilines is 1. The summed E-state index contributed by atoms with van der Waals surface area (Å²) in [6.07, 6.45) is 8.96. The largest absolute Gasteiger partial charge is 0.312 e. The van der Waals surface area contributed by atoms with E-state index < -0.39 is 0 Å². The van der Waals surface area contributed by atoms with Crippen molar-refractivity contribution in [1.29, 1.82) is 0 Å². The van der Waals surface area contributed by atoms with Crippen LogP contribution in [0.4, 0.5) is 5.69 Å². The average Bonchev–Trinajstić information content (AvgIpc) is 2.51. The van der Waals surface area contributed by atoms with E-state index in [1.807, 2.05) is 24.0 Å².